The van der Waals surface area contributed by atoms with E-state index in [1.807, 2.05) is 11.8 Å². The van der Waals surface area contributed by atoms with E-state index >= 15 is 0 Å². The van der Waals surface area contributed by atoms with Crippen LogP contribution >= 0.6 is 27.7 Å². The fourth-order valence-electron chi connectivity index (χ4n) is 2.39. The summed E-state index contributed by atoms with van der Waals surface area (Å²) in [5.74, 6) is 0. The number of aromatic nitrogens is 2. The molecule has 0 aliphatic heterocycles. The lowest BCUT2D eigenvalue weighted by atomic mass is 10.2. The van der Waals surface area contributed by atoms with Crippen LogP contribution in [0, 0.1) is 0 Å². The third kappa shape index (κ3) is 3.23. The number of rotatable bonds is 5. The standard InChI is InChI=1S/C13H18BrN3OS/c1-3-7-17-13(18)12(14)10(8-15-17)16-9-5-4-6-11(9)19-2/h3,8-9,11,16H,1,4-7H2,2H3. The lowest BCUT2D eigenvalue weighted by Gasteiger charge is -2.21. The maximum Gasteiger partial charge on any atom is 0.283 e. The van der Waals surface area contributed by atoms with Crippen LogP contribution in [0.1, 0.15) is 19.3 Å². The molecule has 0 radical (unpaired) electrons. The summed E-state index contributed by atoms with van der Waals surface area (Å²) < 4.78 is 1.94. The zero-order valence-corrected chi connectivity index (χ0v) is 13.3. The maximum absolute atomic E-state index is 12.1. The van der Waals surface area contributed by atoms with Crippen LogP contribution in [0.3, 0.4) is 0 Å². The molecule has 1 heterocycles. The number of hydrogen-bond donors (Lipinski definition) is 1. The molecule has 1 saturated carbocycles. The molecule has 1 fully saturated rings. The van der Waals surface area contributed by atoms with Crippen molar-refractivity contribution in [2.45, 2.75) is 37.1 Å². The van der Waals surface area contributed by atoms with Crippen molar-refractivity contribution in [1.29, 1.82) is 0 Å². The van der Waals surface area contributed by atoms with Crippen molar-refractivity contribution < 1.29 is 0 Å². The number of hydrogen-bond acceptors (Lipinski definition) is 4. The first-order chi connectivity index (χ1) is 9.17. The largest absolute Gasteiger partial charge is 0.379 e. The van der Waals surface area contributed by atoms with Crippen molar-refractivity contribution in [2.75, 3.05) is 11.6 Å². The van der Waals surface area contributed by atoms with Crippen molar-refractivity contribution in [1.82, 2.24) is 9.78 Å². The molecule has 0 spiro atoms. The van der Waals surface area contributed by atoms with Gasteiger partial charge in [0.1, 0.15) is 4.47 Å². The normalized spacial score (nSPS) is 22.4. The number of allylic oxidation sites excluding steroid dienone is 1. The van der Waals surface area contributed by atoms with E-state index in [1.165, 1.54) is 17.5 Å². The molecule has 2 unspecified atom stereocenters. The van der Waals surface area contributed by atoms with E-state index in [9.17, 15) is 4.79 Å². The van der Waals surface area contributed by atoms with Crippen molar-refractivity contribution in [3.8, 4) is 0 Å². The number of thioether (sulfide) groups is 1. The lowest BCUT2D eigenvalue weighted by molar-refractivity contribution is 0.646. The van der Waals surface area contributed by atoms with E-state index in [0.717, 1.165) is 12.1 Å². The van der Waals surface area contributed by atoms with E-state index < -0.39 is 0 Å². The summed E-state index contributed by atoms with van der Waals surface area (Å²) in [5.41, 5.74) is 0.667. The second-order valence-corrected chi connectivity index (χ2v) is 6.47. The Morgan fingerprint density at radius 2 is 2.47 bits per heavy atom. The Morgan fingerprint density at radius 1 is 1.68 bits per heavy atom. The minimum Gasteiger partial charge on any atom is -0.379 e. The molecule has 1 aromatic heterocycles. The van der Waals surface area contributed by atoms with Crippen LogP contribution in [0.2, 0.25) is 0 Å². The van der Waals surface area contributed by atoms with Gasteiger partial charge in [0.25, 0.3) is 5.56 Å². The van der Waals surface area contributed by atoms with Gasteiger partial charge in [-0.25, -0.2) is 4.68 Å². The topological polar surface area (TPSA) is 46.9 Å². The van der Waals surface area contributed by atoms with Gasteiger partial charge in [0.05, 0.1) is 18.4 Å². The molecule has 6 heteroatoms. The molecule has 1 aromatic rings. The third-order valence-corrected chi connectivity index (χ3v) is 5.32. The highest BCUT2D eigenvalue weighted by molar-refractivity contribution is 9.10. The van der Waals surface area contributed by atoms with Crippen LogP contribution in [0.4, 0.5) is 5.69 Å². The summed E-state index contributed by atoms with van der Waals surface area (Å²) in [7, 11) is 0. The van der Waals surface area contributed by atoms with E-state index in [0.29, 0.717) is 22.3 Å². The first-order valence-electron chi connectivity index (χ1n) is 6.33. The molecule has 1 N–H and O–H groups in total. The fraction of sp³-hybridized carbons (Fsp3) is 0.538. The maximum atomic E-state index is 12.1. The molecule has 0 bridgehead atoms. The molecule has 0 saturated heterocycles. The summed E-state index contributed by atoms with van der Waals surface area (Å²) in [5, 5.41) is 8.22. The third-order valence-electron chi connectivity index (χ3n) is 3.38. The first-order valence-corrected chi connectivity index (χ1v) is 8.41. The second-order valence-electron chi connectivity index (χ2n) is 4.60. The van der Waals surface area contributed by atoms with Crippen LogP contribution in [-0.4, -0.2) is 27.3 Å². The van der Waals surface area contributed by atoms with Gasteiger partial charge in [-0.15, -0.1) is 6.58 Å². The number of nitrogens with zero attached hydrogens (tertiary/aromatic N) is 2. The lowest BCUT2D eigenvalue weighted by Crippen LogP contribution is -2.29. The molecule has 1 aliphatic carbocycles. The molecule has 2 rings (SSSR count). The van der Waals surface area contributed by atoms with Crippen LogP contribution in [0.25, 0.3) is 0 Å². The van der Waals surface area contributed by atoms with Gasteiger partial charge in [0.2, 0.25) is 0 Å². The van der Waals surface area contributed by atoms with E-state index in [2.05, 4.69) is 39.2 Å². The number of halogens is 1. The predicted octanol–water partition coefficient (Wildman–Crippen LogP) is 2.89. The summed E-state index contributed by atoms with van der Waals surface area (Å²) in [6.45, 7) is 4.05. The Kier molecular flexibility index (Phi) is 5.10. The zero-order valence-electron chi connectivity index (χ0n) is 10.9. The SMILES string of the molecule is C=CCn1ncc(NC2CCCC2SC)c(Br)c1=O. The summed E-state index contributed by atoms with van der Waals surface area (Å²) in [6, 6.07) is 0.419. The van der Waals surface area contributed by atoms with Gasteiger partial charge in [-0.05, 0) is 35.0 Å². The average Bonchev–Trinajstić information content (AvgIpc) is 2.86. The van der Waals surface area contributed by atoms with Gasteiger partial charge in [0, 0.05) is 11.3 Å². The van der Waals surface area contributed by atoms with Crippen LogP contribution < -0.4 is 10.9 Å². The van der Waals surface area contributed by atoms with E-state index in [4.69, 9.17) is 0 Å². The monoisotopic (exact) mass is 343 g/mol. The molecule has 0 aromatic carbocycles. The Labute approximate surface area is 125 Å². The molecule has 2 atom stereocenters. The summed E-state index contributed by atoms with van der Waals surface area (Å²) >= 11 is 5.26. The smallest absolute Gasteiger partial charge is 0.283 e. The molecular weight excluding hydrogens is 326 g/mol. The minimum atomic E-state index is -0.122. The average molecular weight is 344 g/mol. The molecule has 104 valence electrons. The highest BCUT2D eigenvalue weighted by Crippen LogP contribution is 2.31. The van der Waals surface area contributed by atoms with Crippen LogP contribution in [-0.2, 0) is 6.54 Å². The van der Waals surface area contributed by atoms with Crippen LogP contribution in [0.15, 0.2) is 28.1 Å². The molecular formula is C13H18BrN3OS. The van der Waals surface area contributed by atoms with Crippen molar-refractivity contribution in [3.63, 3.8) is 0 Å². The second kappa shape index (κ2) is 6.61. The van der Waals surface area contributed by atoms with Gasteiger partial charge in [0.15, 0.2) is 0 Å². The van der Waals surface area contributed by atoms with Crippen LogP contribution in [0.5, 0.6) is 0 Å². The highest BCUT2D eigenvalue weighted by atomic mass is 79.9. The zero-order chi connectivity index (χ0) is 13.8. The van der Waals surface area contributed by atoms with Gasteiger partial charge < -0.3 is 5.32 Å². The van der Waals surface area contributed by atoms with E-state index in [1.54, 1.807) is 12.3 Å². The fourth-order valence-corrected chi connectivity index (χ4v) is 3.75. The summed E-state index contributed by atoms with van der Waals surface area (Å²) in [4.78, 5) is 12.1. The Hall–Kier alpha value is -0.750. The Balaban J connectivity index is 2.19. The number of nitrogens with one attached hydrogen (secondary N) is 1. The molecule has 0 amide bonds. The predicted molar refractivity (Wildman–Crippen MR) is 85.0 cm³/mol. The Bertz CT molecular complexity index is 517. The van der Waals surface area contributed by atoms with Gasteiger partial charge in [-0.3, -0.25) is 4.79 Å². The van der Waals surface area contributed by atoms with Gasteiger partial charge in [-0.1, -0.05) is 12.5 Å². The summed E-state index contributed by atoms with van der Waals surface area (Å²) in [6.07, 6.45) is 9.13. The molecule has 1 aliphatic rings. The first kappa shape index (κ1) is 14.7. The van der Waals surface area contributed by atoms with Gasteiger partial charge in [-0.2, -0.15) is 16.9 Å². The highest BCUT2D eigenvalue weighted by Gasteiger charge is 2.27. The molecule has 19 heavy (non-hydrogen) atoms. The van der Waals surface area contributed by atoms with Gasteiger partial charge >= 0.3 is 0 Å². The quantitative estimate of drug-likeness (QED) is 0.835. The van der Waals surface area contributed by atoms with Crippen molar-refractivity contribution in [3.05, 3.63) is 33.7 Å². The van der Waals surface area contributed by atoms with Crippen molar-refractivity contribution in [2.24, 2.45) is 0 Å². The Morgan fingerprint density at radius 3 is 3.16 bits per heavy atom. The number of anilines is 1. The molecule has 4 nitrogen and oxygen atoms in total. The van der Waals surface area contributed by atoms with Crippen molar-refractivity contribution >= 4 is 33.4 Å². The van der Waals surface area contributed by atoms with E-state index in [-0.39, 0.29) is 5.56 Å². The minimum absolute atomic E-state index is 0.122.